The molecule has 7 N–H and O–H groups in total. The van der Waals surface area contributed by atoms with Gasteiger partial charge in [-0.15, -0.1) is 6.58 Å². The van der Waals surface area contributed by atoms with E-state index in [9.17, 15) is 4.79 Å². The molecule has 314 valence electrons. The summed E-state index contributed by atoms with van der Waals surface area (Å²) in [4.78, 5) is 10.0. The zero-order valence-electron chi connectivity index (χ0n) is 38.6. The van der Waals surface area contributed by atoms with Crippen LogP contribution >= 0.6 is 8.53 Å². The van der Waals surface area contributed by atoms with E-state index in [-0.39, 0.29) is 25.9 Å². The maximum atomic E-state index is 10.0. The molecule has 0 aromatic rings. The van der Waals surface area contributed by atoms with Crippen LogP contribution in [0, 0.1) is 0 Å². The minimum absolute atomic E-state index is 0.0935. The minimum atomic E-state index is -1.18. The standard InChI is InChI=1S/C16H34NO3P.C7H14O3.2C7H16O2.2CH4/c1-7-9-10-11-16(13-18)20-21(19-12-8-2)17(14(3)4)15(5)6;1-2-3-4-5-6(8)7(9)10;2*1-2-3-4-5-7(9)6-8;;/h8,14-16,18H,2,7,9-13H2,1,3-6H3;6,8H,2-5H2,1H3,(H,9,10);2*7-9H,2-6H2,1H3;2*1H4/t16-,21?;6-;2*7-;;/m0000../s1/i18D;;8D;;2*1T. The van der Waals surface area contributed by atoms with E-state index in [1.807, 2.05) is 6.92 Å². The zero-order valence-corrected chi connectivity index (χ0v) is 35.5. The number of aliphatic hydroxyl groups excluding tert-OH is 6. The molecule has 1 unspecified atom stereocenters. The van der Waals surface area contributed by atoms with Gasteiger partial charge in [0.1, 0.15) is 0 Å². The van der Waals surface area contributed by atoms with Gasteiger partial charge < -0.3 is 44.8 Å². The fraction of sp³-hybridized carbons (Fsp3) is 0.923. The highest BCUT2D eigenvalue weighted by Gasteiger charge is 2.29. The van der Waals surface area contributed by atoms with E-state index in [0.717, 1.165) is 83.5 Å². The second-order valence-electron chi connectivity index (χ2n) is 12.8. The third-order valence-corrected chi connectivity index (χ3v) is 9.30. The van der Waals surface area contributed by atoms with E-state index in [2.05, 4.69) is 69.9 Å². The average molecular weight is 768 g/mol. The molecule has 0 amide bonds. The Hall–Kier alpha value is -0.720. The normalized spacial score (nSPS) is 14.3. The lowest BCUT2D eigenvalue weighted by atomic mass is 10.1. The Morgan fingerprint density at radius 3 is 1.53 bits per heavy atom. The Labute approximate surface area is 322 Å². The highest BCUT2D eigenvalue weighted by molar-refractivity contribution is 7.44. The molecule has 0 saturated carbocycles. The van der Waals surface area contributed by atoms with Crippen molar-refractivity contribution in [2.24, 2.45) is 0 Å². The van der Waals surface area contributed by atoms with Crippen molar-refractivity contribution in [2.45, 2.75) is 209 Å². The molecule has 0 bridgehead atoms. The lowest BCUT2D eigenvalue weighted by Gasteiger charge is -2.37. The van der Waals surface area contributed by atoms with Gasteiger partial charge in [0, 0.05) is 14.8 Å². The monoisotopic (exact) mass is 768 g/mol. The molecule has 0 aromatic carbocycles. The first kappa shape index (κ1) is 52.4. The summed E-state index contributed by atoms with van der Waals surface area (Å²) < 4.78 is 39.2. The number of aliphatic hydroxyl groups is 6. The summed E-state index contributed by atoms with van der Waals surface area (Å²) >= 11 is 0. The van der Waals surface area contributed by atoms with Crippen LogP contribution in [-0.4, -0.2) is 112 Å². The van der Waals surface area contributed by atoms with Crippen LogP contribution in [0.4, 0.5) is 0 Å². The Morgan fingerprint density at radius 1 is 0.765 bits per heavy atom. The molecular weight excluding hydrogens is 673 g/mol. The quantitative estimate of drug-likeness (QED) is 0.0211. The molecular formula is C39H88NO10P. The number of carbonyl (C=O) groups is 1. The average Bonchev–Trinajstić information content (AvgIpc) is 3.16. The molecule has 0 aliphatic heterocycles. The summed E-state index contributed by atoms with van der Waals surface area (Å²) in [6, 6.07) is 0.647. The molecule has 0 rings (SSSR count). The zero-order chi connectivity index (χ0) is 43.9. The predicted octanol–water partition coefficient (Wildman–Crippen LogP) is 8.62. The first-order valence-electron chi connectivity index (χ1n) is 21.6. The number of carboxylic acid groups (broad SMARTS) is 1. The fourth-order valence-electron chi connectivity index (χ4n) is 4.30. The Morgan fingerprint density at radius 2 is 1.18 bits per heavy atom. The summed E-state index contributed by atoms with van der Waals surface area (Å²) in [5.41, 5.74) is 0. The van der Waals surface area contributed by atoms with Gasteiger partial charge in [0.2, 0.25) is 2.86 Å². The number of rotatable bonds is 30. The van der Waals surface area contributed by atoms with Crippen LogP contribution in [0.15, 0.2) is 12.7 Å². The first-order chi connectivity index (χ1) is 26.3. The van der Waals surface area contributed by atoms with E-state index in [1.165, 1.54) is 27.6 Å². The van der Waals surface area contributed by atoms with Gasteiger partial charge >= 0.3 is 5.97 Å². The lowest BCUT2D eigenvalue weighted by molar-refractivity contribution is -0.146. The summed E-state index contributed by atoms with van der Waals surface area (Å²) in [5, 5.41) is 51.9. The molecule has 12 heteroatoms. The Kier molecular flexibility index (Phi) is 48.6. The molecule has 0 aliphatic carbocycles. The SMILES string of the molecule is CCCCC[C@H](O)C(=O)O.CCCCC[C@H](O)CO.[2H]OC[C@@H](O)CCCCC.[2H]OC[C@H](CCCCC)OP(OCC=C)N(C(C)C)C(C)C.[3H]C.[3H]C. The molecule has 0 heterocycles. The van der Waals surface area contributed by atoms with Crippen LogP contribution in [-0.2, 0) is 13.8 Å². The predicted molar refractivity (Wildman–Crippen MR) is 217 cm³/mol. The van der Waals surface area contributed by atoms with Gasteiger partial charge in [0.15, 0.2) is 6.10 Å². The summed E-state index contributed by atoms with van der Waals surface area (Å²) in [5.74, 6) is -1.11. The topological polar surface area (TPSA) is 180 Å². The Balaban J connectivity index is -0.000000153. The van der Waals surface area contributed by atoms with Crippen molar-refractivity contribution in [1.29, 1.82) is 2.86 Å². The van der Waals surface area contributed by atoms with Gasteiger partial charge in [0.05, 0.1) is 44.7 Å². The van der Waals surface area contributed by atoms with E-state index >= 15 is 0 Å². The van der Waals surface area contributed by atoms with Gasteiger partial charge in [-0.2, -0.15) is 0 Å². The third kappa shape index (κ3) is 45.4. The molecule has 0 spiro atoms. The van der Waals surface area contributed by atoms with Crippen molar-refractivity contribution in [1.82, 2.24) is 4.67 Å². The maximum absolute atomic E-state index is 10.0. The van der Waals surface area contributed by atoms with Crippen molar-refractivity contribution < 1.29 is 52.3 Å². The lowest BCUT2D eigenvalue weighted by Crippen LogP contribution is -2.35. The summed E-state index contributed by atoms with van der Waals surface area (Å²) in [6.45, 7) is 21.5. The smallest absolute Gasteiger partial charge is 0.332 e. The van der Waals surface area contributed by atoms with Crippen LogP contribution in [0.3, 0.4) is 0 Å². The number of carboxylic acids is 1. The van der Waals surface area contributed by atoms with E-state index in [0.29, 0.717) is 25.1 Å². The fourth-order valence-corrected chi connectivity index (χ4v) is 6.01. The Bertz CT molecular complexity index is 718. The van der Waals surface area contributed by atoms with Gasteiger partial charge in [-0.3, -0.25) is 0 Å². The largest absolute Gasteiger partial charge is 0.479 e. The van der Waals surface area contributed by atoms with Crippen LogP contribution < -0.4 is 0 Å². The number of unbranched alkanes of at least 4 members (excludes halogenated alkanes) is 8. The maximum Gasteiger partial charge on any atom is 0.332 e. The van der Waals surface area contributed by atoms with Crippen molar-refractivity contribution >= 4 is 14.5 Å². The van der Waals surface area contributed by atoms with Gasteiger partial charge in [-0.25, -0.2) is 9.46 Å². The first-order valence-corrected chi connectivity index (χ1v) is 19.9. The van der Waals surface area contributed by atoms with E-state index in [1.54, 1.807) is 6.08 Å². The van der Waals surface area contributed by atoms with Crippen LogP contribution in [0.5, 0.6) is 0 Å². The molecule has 0 radical (unpaired) electrons. The van der Waals surface area contributed by atoms with Crippen molar-refractivity contribution in [2.75, 3.05) is 26.4 Å². The van der Waals surface area contributed by atoms with E-state index in [4.69, 9.17) is 40.2 Å². The molecule has 0 saturated heterocycles. The highest BCUT2D eigenvalue weighted by atomic mass is 31.2. The molecule has 11 nitrogen and oxygen atoms in total. The second kappa shape index (κ2) is 47.3. The third-order valence-electron chi connectivity index (χ3n) is 7.16. The summed E-state index contributed by atoms with van der Waals surface area (Å²) in [7, 11) is 1.32. The molecule has 0 aliphatic rings. The van der Waals surface area contributed by atoms with Gasteiger partial charge in [-0.1, -0.05) is 126 Å². The van der Waals surface area contributed by atoms with Gasteiger partial charge in [0.25, 0.3) is 8.53 Å². The van der Waals surface area contributed by atoms with E-state index < -0.39 is 32.8 Å². The summed E-state index contributed by atoms with van der Waals surface area (Å²) in [6.07, 6.45) is 15.3. The second-order valence-corrected chi connectivity index (χ2v) is 14.2. The van der Waals surface area contributed by atoms with Crippen LogP contribution in [0.1, 0.15) is 176 Å². The van der Waals surface area contributed by atoms with Crippen molar-refractivity contribution in [3.8, 4) is 0 Å². The van der Waals surface area contributed by atoms with Crippen molar-refractivity contribution in [3.63, 3.8) is 0 Å². The molecule has 51 heavy (non-hydrogen) atoms. The molecule has 5 atom stereocenters. The molecule has 0 aromatic heterocycles. The van der Waals surface area contributed by atoms with Gasteiger partial charge in [-0.05, 0) is 53.4 Å². The molecule has 0 fully saturated rings. The van der Waals surface area contributed by atoms with Crippen LogP contribution in [0.2, 0.25) is 0 Å². The highest BCUT2D eigenvalue weighted by Crippen LogP contribution is 2.47. The number of hydrogen-bond acceptors (Lipinski definition) is 10. The number of hydrogen-bond donors (Lipinski definition) is 7. The number of nitrogens with zero attached hydrogens (tertiary/aromatic N) is 1. The van der Waals surface area contributed by atoms with Crippen LogP contribution in [0.25, 0.3) is 0 Å². The minimum Gasteiger partial charge on any atom is -0.479 e. The number of aliphatic carboxylic acids is 1. The van der Waals surface area contributed by atoms with Crippen molar-refractivity contribution in [3.05, 3.63) is 12.7 Å².